The van der Waals surface area contributed by atoms with Crippen molar-refractivity contribution in [3.8, 4) is 11.1 Å². The second-order valence-electron chi connectivity index (χ2n) is 19.8. The van der Waals surface area contributed by atoms with Crippen molar-refractivity contribution in [3.63, 3.8) is 0 Å². The first-order valence-electron chi connectivity index (χ1n) is 23.1. The number of carbonyl (C=O) groups is 1. The van der Waals surface area contributed by atoms with Crippen LogP contribution in [0.15, 0.2) is 89.5 Å². The predicted molar refractivity (Wildman–Crippen MR) is 255 cm³/mol. The van der Waals surface area contributed by atoms with E-state index in [2.05, 4.69) is 28.6 Å². The Morgan fingerprint density at radius 3 is 2.42 bits per heavy atom. The zero-order valence-corrected chi connectivity index (χ0v) is 39.7. The highest BCUT2D eigenvalue weighted by molar-refractivity contribution is 7.91. The molecule has 0 bridgehead atoms. The van der Waals surface area contributed by atoms with Gasteiger partial charge in [0, 0.05) is 85.1 Å². The van der Waals surface area contributed by atoms with Gasteiger partial charge in [0.2, 0.25) is 16.0 Å². The standard InChI is InChI=1S/C50H61FN8O6S/c1-31-12-10-11-22-49(31,7)66(62,63)59-25-21-37-39(27-53-45(60)43(37)59)34-15-18-42-38(26-34)44(50(30-52,64-36-16-17-36)40-13-8-9-14-41(40)51)55-46(54-42)56-23-19-35(20-24-56)57-28-33(3)58(29-32(57)2)47(61)65-48(4,5)6/h8-15,18,21,25-27,32-33,35-36H,16-17,19-20,22-24,28-30,52H2,1-7H3,(H,53,60)/t32-,33+,49?,50?/m0/s1. The molecule has 1 saturated carbocycles. The number of benzene rings is 2. The molecule has 66 heavy (non-hydrogen) atoms. The second kappa shape index (κ2) is 17.0. The van der Waals surface area contributed by atoms with Gasteiger partial charge in [0.1, 0.15) is 21.7 Å². The molecule has 2 aliphatic heterocycles. The molecular formula is C50H61FN8O6S. The molecule has 3 fully saturated rings. The SMILES string of the molecule is CC1=CC=CCC1(C)S(=O)(=O)n1ccc2c(-c3ccc4nc(N5CCC(N6C[C@@H](C)N(C(=O)OC(C)(C)C)C[C@@H]6C)CC5)nc(C(CN)(OC5CC5)c5ccccc5F)c4c3)c[nH]c(=O)c21. The minimum Gasteiger partial charge on any atom is -0.444 e. The maximum absolute atomic E-state index is 16.2. The Hall–Kier alpha value is -5.42. The van der Waals surface area contributed by atoms with Crippen molar-refractivity contribution < 1.29 is 27.1 Å². The van der Waals surface area contributed by atoms with Gasteiger partial charge in [-0.1, -0.05) is 48.1 Å². The summed E-state index contributed by atoms with van der Waals surface area (Å²) in [4.78, 5) is 46.5. The number of fused-ring (bicyclic) bond motifs is 2. The largest absolute Gasteiger partial charge is 0.444 e. The van der Waals surface area contributed by atoms with Gasteiger partial charge in [0.05, 0.1) is 17.3 Å². The molecule has 4 atom stereocenters. The van der Waals surface area contributed by atoms with E-state index in [0.717, 1.165) is 36.2 Å². The van der Waals surface area contributed by atoms with Gasteiger partial charge in [-0.15, -0.1) is 0 Å². The number of piperazine rings is 1. The van der Waals surface area contributed by atoms with Crippen LogP contribution in [0.3, 0.4) is 0 Å². The van der Waals surface area contributed by atoms with Crippen molar-refractivity contribution in [2.45, 2.75) is 121 Å². The topological polar surface area (TPSA) is 169 Å². The van der Waals surface area contributed by atoms with Gasteiger partial charge in [-0.2, -0.15) is 0 Å². The number of piperidine rings is 1. The number of hydrogen-bond acceptors (Lipinski definition) is 11. The zero-order valence-electron chi connectivity index (χ0n) is 38.9. The van der Waals surface area contributed by atoms with Gasteiger partial charge in [0.15, 0.2) is 5.60 Å². The Labute approximate surface area is 385 Å². The van der Waals surface area contributed by atoms with E-state index >= 15 is 4.39 Å². The number of pyridine rings is 1. The van der Waals surface area contributed by atoms with Crippen molar-refractivity contribution in [1.82, 2.24) is 28.7 Å². The van der Waals surface area contributed by atoms with E-state index in [1.165, 1.54) is 12.3 Å². The number of aromatic nitrogens is 4. The number of aromatic amines is 1. The van der Waals surface area contributed by atoms with Crippen LogP contribution in [0, 0.1) is 5.82 Å². The third kappa shape index (κ3) is 8.02. The second-order valence-corrected chi connectivity index (χ2v) is 22.0. The maximum atomic E-state index is 16.2. The van der Waals surface area contributed by atoms with Gasteiger partial charge >= 0.3 is 6.09 Å². The lowest BCUT2D eigenvalue weighted by Crippen LogP contribution is -2.62. The first-order valence-corrected chi connectivity index (χ1v) is 24.6. The van der Waals surface area contributed by atoms with Crippen molar-refractivity contribution in [3.05, 3.63) is 112 Å². The number of nitrogens with one attached hydrogen (secondary N) is 1. The van der Waals surface area contributed by atoms with Crippen LogP contribution in [0.1, 0.15) is 91.8 Å². The highest BCUT2D eigenvalue weighted by Crippen LogP contribution is 2.44. The molecule has 2 saturated heterocycles. The summed E-state index contributed by atoms with van der Waals surface area (Å²) in [6.07, 6.45) is 11.6. The van der Waals surface area contributed by atoms with Crippen molar-refractivity contribution in [2.75, 3.05) is 37.6 Å². The number of nitrogens with zero attached hydrogens (tertiary/aromatic N) is 6. The van der Waals surface area contributed by atoms with Crippen LogP contribution in [0.2, 0.25) is 0 Å². The number of H-pyrrole nitrogens is 1. The molecule has 3 aromatic heterocycles. The molecule has 3 N–H and O–H groups in total. The van der Waals surface area contributed by atoms with Gasteiger partial charge in [-0.3, -0.25) is 9.69 Å². The zero-order chi connectivity index (χ0) is 46.9. The van der Waals surface area contributed by atoms with E-state index in [1.807, 2.05) is 56.0 Å². The molecule has 1 amide bonds. The van der Waals surface area contributed by atoms with Gasteiger partial charge < -0.3 is 30.0 Å². The van der Waals surface area contributed by atoms with Crippen LogP contribution < -0.4 is 16.2 Å². The summed E-state index contributed by atoms with van der Waals surface area (Å²) in [6, 6.07) is 14.3. The molecule has 0 radical (unpaired) electrons. The summed E-state index contributed by atoms with van der Waals surface area (Å²) < 4.78 is 57.5. The molecule has 5 aromatic rings. The minimum atomic E-state index is -4.10. The predicted octanol–water partition coefficient (Wildman–Crippen LogP) is 7.60. The van der Waals surface area contributed by atoms with E-state index in [1.54, 1.807) is 50.4 Å². The van der Waals surface area contributed by atoms with E-state index in [4.69, 9.17) is 25.2 Å². The van der Waals surface area contributed by atoms with Crippen LogP contribution in [0.5, 0.6) is 0 Å². The summed E-state index contributed by atoms with van der Waals surface area (Å²) in [5, 5.41) is 1.03. The molecule has 5 heterocycles. The van der Waals surface area contributed by atoms with Crippen molar-refractivity contribution >= 4 is 43.9 Å². The van der Waals surface area contributed by atoms with Crippen molar-refractivity contribution in [1.29, 1.82) is 0 Å². The number of anilines is 1. The number of allylic oxidation sites excluding steroid dienone is 3. The van der Waals surface area contributed by atoms with Crippen LogP contribution >= 0.6 is 0 Å². The Kier molecular flexibility index (Phi) is 11.8. The van der Waals surface area contributed by atoms with Gasteiger partial charge in [-0.25, -0.2) is 31.5 Å². The van der Waals surface area contributed by atoms with Crippen LogP contribution in [-0.4, -0.2) is 111 Å². The maximum Gasteiger partial charge on any atom is 0.410 e. The van der Waals surface area contributed by atoms with Crippen molar-refractivity contribution in [2.24, 2.45) is 5.73 Å². The fourth-order valence-electron chi connectivity index (χ4n) is 10.1. The number of hydrogen-bond donors (Lipinski definition) is 2. The van der Waals surface area contributed by atoms with E-state index in [-0.39, 0.29) is 54.4 Å². The molecule has 14 nitrogen and oxygen atoms in total. The molecule has 350 valence electrons. The Balaban J connectivity index is 1.10. The number of halogens is 1. The summed E-state index contributed by atoms with van der Waals surface area (Å²) in [7, 11) is -4.10. The monoisotopic (exact) mass is 920 g/mol. The quantitative estimate of drug-likeness (QED) is 0.142. The van der Waals surface area contributed by atoms with Crippen LogP contribution in [0.4, 0.5) is 15.1 Å². The fraction of sp³-hybridized carbons (Fsp3) is 0.480. The molecule has 2 aliphatic carbocycles. The molecule has 2 aromatic carbocycles. The molecule has 9 rings (SSSR count). The number of nitrogens with two attached hydrogens (primary N) is 1. The van der Waals surface area contributed by atoms with Crippen LogP contribution in [-0.2, 0) is 25.1 Å². The average molecular weight is 921 g/mol. The van der Waals surface area contributed by atoms with Gasteiger partial charge in [-0.05, 0) is 110 Å². The Morgan fingerprint density at radius 1 is 1.00 bits per heavy atom. The summed E-state index contributed by atoms with van der Waals surface area (Å²) in [5.74, 6) is 0.0126. The molecular weight excluding hydrogens is 860 g/mol. The molecule has 16 heteroatoms. The lowest BCUT2D eigenvalue weighted by molar-refractivity contribution is -0.0281. The Bertz CT molecular complexity index is 2930. The number of ether oxygens (including phenoxy) is 2. The molecule has 4 aliphatic rings. The summed E-state index contributed by atoms with van der Waals surface area (Å²) in [5.41, 5.74) is 7.39. The number of carbonyl (C=O) groups excluding carboxylic acids is 1. The van der Waals surface area contributed by atoms with Gasteiger partial charge in [0.25, 0.3) is 5.56 Å². The lowest BCUT2D eigenvalue weighted by atomic mass is 9.86. The fourth-order valence-corrected chi connectivity index (χ4v) is 11.9. The lowest BCUT2D eigenvalue weighted by Gasteiger charge is -2.49. The Morgan fingerprint density at radius 2 is 1.74 bits per heavy atom. The molecule has 2 unspecified atom stereocenters. The summed E-state index contributed by atoms with van der Waals surface area (Å²) >= 11 is 0. The normalized spacial score (nSPS) is 23.3. The number of rotatable bonds is 10. The van der Waals surface area contributed by atoms with E-state index in [0.29, 0.717) is 64.3 Å². The third-order valence-corrected chi connectivity index (χ3v) is 16.6. The van der Waals surface area contributed by atoms with E-state index in [9.17, 15) is 18.0 Å². The highest BCUT2D eigenvalue weighted by Gasteiger charge is 2.46. The van der Waals surface area contributed by atoms with Crippen LogP contribution in [0.25, 0.3) is 32.9 Å². The summed E-state index contributed by atoms with van der Waals surface area (Å²) in [6.45, 7) is 15.9. The average Bonchev–Trinajstić information content (AvgIpc) is 3.99. The third-order valence-electron chi connectivity index (χ3n) is 14.1. The number of amides is 1. The molecule has 0 spiro atoms. The highest BCUT2D eigenvalue weighted by atomic mass is 32.2. The van der Waals surface area contributed by atoms with E-state index < -0.39 is 37.3 Å². The first-order chi connectivity index (χ1) is 31.3. The smallest absolute Gasteiger partial charge is 0.410 e. The first kappa shape index (κ1) is 45.7. The minimum absolute atomic E-state index is 0.0101.